The molecule has 0 amide bonds. The second kappa shape index (κ2) is 3.64. The summed E-state index contributed by atoms with van der Waals surface area (Å²) in [6.07, 6.45) is 0. The number of nitrogens with zero attached hydrogens (tertiary/aromatic N) is 1. The average molecular weight is 230 g/mol. The molecule has 0 aliphatic heterocycles. The maximum absolute atomic E-state index is 10.3. The van der Waals surface area contributed by atoms with Gasteiger partial charge >= 0.3 is 0 Å². The van der Waals surface area contributed by atoms with Crippen molar-refractivity contribution in [3.8, 4) is 0 Å². The fourth-order valence-corrected chi connectivity index (χ4v) is 1.16. The highest BCUT2D eigenvalue weighted by Gasteiger charge is 2.03. The highest BCUT2D eigenvalue weighted by Crippen LogP contribution is 2.30. The van der Waals surface area contributed by atoms with Crippen LogP contribution in [0.2, 0.25) is 0 Å². The van der Waals surface area contributed by atoms with E-state index in [1.54, 1.807) is 11.5 Å². The summed E-state index contributed by atoms with van der Waals surface area (Å²) in [4.78, 5) is 10.2. The van der Waals surface area contributed by atoms with Crippen LogP contribution in [0.1, 0.15) is 5.56 Å². The number of nitrogens with one attached hydrogen (secondary N) is 1. The van der Waals surface area contributed by atoms with E-state index in [1.807, 2.05) is 6.92 Å². The van der Waals surface area contributed by atoms with Crippen LogP contribution in [0.3, 0.4) is 0 Å². The fourth-order valence-electron chi connectivity index (χ4n) is 0.828. The standard InChI is InChI=1S/C7H6BrN2O2/c1-4-2-6(9-11)7(10-12)3-5(4)8/h2-3,9H,1H3/q-1. The van der Waals surface area contributed by atoms with Crippen LogP contribution in [0, 0.1) is 17.0 Å². The van der Waals surface area contributed by atoms with Gasteiger partial charge in [0.2, 0.25) is 0 Å². The monoisotopic (exact) mass is 229 g/mol. The lowest BCUT2D eigenvalue weighted by Crippen LogP contribution is -1.87. The van der Waals surface area contributed by atoms with Crippen LogP contribution in [0.5, 0.6) is 0 Å². The minimum atomic E-state index is 0.113. The molecule has 0 aromatic heterocycles. The Hall–Kier alpha value is -0.940. The average Bonchev–Trinajstić information content (AvgIpc) is 2.09. The molecule has 0 unspecified atom stereocenters. The van der Waals surface area contributed by atoms with E-state index in [4.69, 9.17) is 0 Å². The number of aryl methyl sites for hydroxylation is 1. The molecule has 0 atom stereocenters. The smallest absolute Gasteiger partial charge is 0.131 e. The Morgan fingerprint density at radius 3 is 2.75 bits per heavy atom. The minimum absolute atomic E-state index is 0.113. The van der Waals surface area contributed by atoms with Gasteiger partial charge in [0.05, 0.1) is 5.69 Å². The summed E-state index contributed by atoms with van der Waals surface area (Å²) in [5, 5.41) is 13.0. The molecule has 4 nitrogen and oxygen atoms in total. The Labute approximate surface area is 77.7 Å². The predicted molar refractivity (Wildman–Crippen MR) is 51.3 cm³/mol. The molecule has 0 heterocycles. The first kappa shape index (κ1) is 9.15. The van der Waals surface area contributed by atoms with Gasteiger partial charge in [-0.2, -0.15) is 0 Å². The lowest BCUT2D eigenvalue weighted by molar-refractivity contribution is 1.38. The molecule has 1 N–H and O–H groups in total. The number of nitroso groups, excluding NO2 is 1. The van der Waals surface area contributed by atoms with E-state index in [2.05, 4.69) is 21.1 Å². The zero-order valence-electron chi connectivity index (χ0n) is 6.30. The zero-order chi connectivity index (χ0) is 9.14. The van der Waals surface area contributed by atoms with Crippen LogP contribution in [-0.4, -0.2) is 0 Å². The number of benzene rings is 1. The van der Waals surface area contributed by atoms with Gasteiger partial charge in [-0.1, -0.05) is 15.9 Å². The summed E-state index contributed by atoms with van der Waals surface area (Å²) in [5.41, 5.74) is 2.84. The SMILES string of the molecule is Cc1cc(N[O-])c(N=O)cc1Br. The van der Waals surface area contributed by atoms with Gasteiger partial charge < -0.3 is 10.7 Å². The van der Waals surface area contributed by atoms with Crippen LogP contribution < -0.4 is 5.48 Å². The van der Waals surface area contributed by atoms with E-state index in [0.29, 0.717) is 0 Å². The normalized spacial score (nSPS) is 9.58. The van der Waals surface area contributed by atoms with Crippen molar-refractivity contribution in [1.82, 2.24) is 0 Å². The van der Waals surface area contributed by atoms with E-state index in [0.717, 1.165) is 10.0 Å². The van der Waals surface area contributed by atoms with E-state index >= 15 is 0 Å². The molecule has 5 heteroatoms. The van der Waals surface area contributed by atoms with Crippen molar-refractivity contribution >= 4 is 27.3 Å². The van der Waals surface area contributed by atoms with Crippen molar-refractivity contribution in [3.63, 3.8) is 0 Å². The molecule has 12 heavy (non-hydrogen) atoms. The Bertz CT molecular complexity index is 315. The molecule has 1 aromatic carbocycles. The fraction of sp³-hybridized carbons (Fsp3) is 0.143. The lowest BCUT2D eigenvalue weighted by atomic mass is 10.2. The van der Waals surface area contributed by atoms with Crippen LogP contribution >= 0.6 is 15.9 Å². The summed E-state index contributed by atoms with van der Waals surface area (Å²) in [5.74, 6) is 0. The van der Waals surface area contributed by atoms with Gasteiger partial charge in [-0.3, -0.25) is 0 Å². The van der Waals surface area contributed by atoms with Gasteiger partial charge in [-0.05, 0) is 29.8 Å². The van der Waals surface area contributed by atoms with Crippen LogP contribution in [-0.2, 0) is 0 Å². The second-order valence-electron chi connectivity index (χ2n) is 2.31. The lowest BCUT2D eigenvalue weighted by Gasteiger charge is -2.12. The third kappa shape index (κ3) is 1.62. The van der Waals surface area contributed by atoms with Gasteiger partial charge in [-0.15, -0.1) is 4.91 Å². The number of halogens is 1. The molecule has 64 valence electrons. The van der Waals surface area contributed by atoms with Crippen molar-refractivity contribution in [2.45, 2.75) is 6.92 Å². The maximum atomic E-state index is 10.3. The summed E-state index contributed by atoms with van der Waals surface area (Å²) in [7, 11) is 0. The first-order chi connectivity index (χ1) is 5.69. The van der Waals surface area contributed by atoms with E-state index in [-0.39, 0.29) is 11.4 Å². The Morgan fingerprint density at radius 1 is 1.58 bits per heavy atom. The molecule has 0 saturated carbocycles. The summed E-state index contributed by atoms with van der Waals surface area (Å²) in [6.45, 7) is 1.82. The van der Waals surface area contributed by atoms with Gasteiger partial charge in [0.1, 0.15) is 5.69 Å². The quantitative estimate of drug-likeness (QED) is 0.627. The van der Waals surface area contributed by atoms with Crippen molar-refractivity contribution < 1.29 is 0 Å². The largest absolute Gasteiger partial charge is 0.761 e. The number of hydrogen-bond donors (Lipinski definition) is 1. The number of anilines is 1. The molecule has 1 aromatic rings. The molecule has 0 spiro atoms. The first-order valence-electron chi connectivity index (χ1n) is 3.20. The van der Waals surface area contributed by atoms with Gasteiger partial charge in [0, 0.05) is 4.47 Å². The number of hydrogen-bond acceptors (Lipinski definition) is 4. The first-order valence-corrected chi connectivity index (χ1v) is 4.00. The molecule has 0 saturated heterocycles. The molecular weight excluding hydrogens is 224 g/mol. The third-order valence-corrected chi connectivity index (χ3v) is 2.34. The van der Waals surface area contributed by atoms with Gasteiger partial charge in [0.15, 0.2) is 0 Å². The molecule has 0 aliphatic carbocycles. The molecule has 0 radical (unpaired) electrons. The predicted octanol–water partition coefficient (Wildman–Crippen LogP) is 3.07. The maximum Gasteiger partial charge on any atom is 0.131 e. The number of rotatable bonds is 2. The van der Waals surface area contributed by atoms with Crippen molar-refractivity contribution in [1.29, 1.82) is 0 Å². The Kier molecular flexibility index (Phi) is 2.78. The topological polar surface area (TPSA) is 64.5 Å². The molecule has 1 rings (SSSR count). The van der Waals surface area contributed by atoms with Crippen LogP contribution in [0.25, 0.3) is 0 Å². The summed E-state index contributed by atoms with van der Waals surface area (Å²) < 4.78 is 0.760. The van der Waals surface area contributed by atoms with Crippen molar-refractivity contribution in [3.05, 3.63) is 32.3 Å². The van der Waals surface area contributed by atoms with E-state index in [9.17, 15) is 10.1 Å². The summed E-state index contributed by atoms with van der Waals surface area (Å²) in [6, 6.07) is 3.07. The molecule has 0 fully saturated rings. The van der Waals surface area contributed by atoms with E-state index in [1.165, 1.54) is 6.07 Å². The van der Waals surface area contributed by atoms with Crippen molar-refractivity contribution in [2.75, 3.05) is 5.48 Å². The molecule has 0 aliphatic rings. The Balaban J connectivity index is 3.28. The third-order valence-electron chi connectivity index (χ3n) is 1.49. The Morgan fingerprint density at radius 2 is 2.25 bits per heavy atom. The second-order valence-corrected chi connectivity index (χ2v) is 3.17. The minimum Gasteiger partial charge on any atom is -0.761 e. The van der Waals surface area contributed by atoms with Crippen molar-refractivity contribution in [2.24, 2.45) is 5.18 Å². The molecule has 0 bridgehead atoms. The highest BCUT2D eigenvalue weighted by atomic mass is 79.9. The van der Waals surface area contributed by atoms with Crippen LogP contribution in [0.15, 0.2) is 21.8 Å². The summed E-state index contributed by atoms with van der Waals surface area (Å²) >= 11 is 3.22. The zero-order valence-corrected chi connectivity index (χ0v) is 7.88. The van der Waals surface area contributed by atoms with E-state index < -0.39 is 0 Å². The highest BCUT2D eigenvalue weighted by molar-refractivity contribution is 9.10. The molecular formula is C7H6BrN2O2-. The van der Waals surface area contributed by atoms with Crippen LogP contribution in [0.4, 0.5) is 11.4 Å². The van der Waals surface area contributed by atoms with Gasteiger partial charge in [0.25, 0.3) is 0 Å². The van der Waals surface area contributed by atoms with Gasteiger partial charge in [-0.25, -0.2) is 0 Å².